The number of nitrogens with two attached hydrogens (primary N) is 1. The van der Waals surface area contributed by atoms with Crippen LogP contribution in [0.5, 0.6) is 0 Å². The van der Waals surface area contributed by atoms with E-state index in [2.05, 4.69) is 34.1 Å². The van der Waals surface area contributed by atoms with Crippen molar-refractivity contribution in [3.05, 3.63) is 89.7 Å². The number of allylic oxidation sites excluding steroid dienone is 2. The van der Waals surface area contributed by atoms with Crippen molar-refractivity contribution in [3.8, 4) is 0 Å². The third-order valence-corrected chi connectivity index (χ3v) is 4.56. The van der Waals surface area contributed by atoms with Crippen molar-refractivity contribution in [3.63, 3.8) is 0 Å². The number of anilines is 3. The van der Waals surface area contributed by atoms with Crippen molar-refractivity contribution in [1.82, 2.24) is 0 Å². The van der Waals surface area contributed by atoms with Gasteiger partial charge in [-0.25, -0.2) is 9.38 Å². The van der Waals surface area contributed by atoms with Crippen LogP contribution in [0.4, 0.5) is 21.5 Å². The van der Waals surface area contributed by atoms with Gasteiger partial charge in [-0.2, -0.15) is 0 Å². The van der Waals surface area contributed by atoms with Crippen LogP contribution in [-0.2, 0) is 4.79 Å². The van der Waals surface area contributed by atoms with Gasteiger partial charge in [0.1, 0.15) is 11.6 Å². The van der Waals surface area contributed by atoms with Gasteiger partial charge in [-0.1, -0.05) is 25.3 Å². The highest BCUT2D eigenvalue weighted by atomic mass is 19.1. The van der Waals surface area contributed by atoms with Gasteiger partial charge in [0.25, 0.3) is 5.91 Å². The van der Waals surface area contributed by atoms with Crippen LogP contribution in [0.3, 0.4) is 0 Å². The third kappa shape index (κ3) is 6.40. The standard InChI is InChI=1S/C24H26FN5O2/c1-6-23(31)30-21-10-8-7-9-20(21)28-16(4)15(3)13-27-17(5)29-22-12-18(24(26)32)19(25)11-14(22)2/h6-13,28-29H,1,5H2,2-4H3,(H2,26,32)(H,30,31)/b16-15+,27-13-. The van der Waals surface area contributed by atoms with Crippen molar-refractivity contribution in [2.45, 2.75) is 20.8 Å². The van der Waals surface area contributed by atoms with Crippen LogP contribution in [-0.4, -0.2) is 18.0 Å². The van der Waals surface area contributed by atoms with Gasteiger partial charge in [0.05, 0.1) is 16.9 Å². The van der Waals surface area contributed by atoms with Gasteiger partial charge < -0.3 is 21.7 Å². The van der Waals surface area contributed by atoms with Crippen molar-refractivity contribution in [2.75, 3.05) is 16.0 Å². The highest BCUT2D eigenvalue weighted by Crippen LogP contribution is 2.24. The number of carbonyl (C=O) groups excluding carboxylic acids is 2. The van der Waals surface area contributed by atoms with Gasteiger partial charge in [-0.3, -0.25) is 9.59 Å². The molecule has 0 aliphatic carbocycles. The quantitative estimate of drug-likeness (QED) is 0.338. The molecule has 0 saturated heterocycles. The van der Waals surface area contributed by atoms with E-state index in [-0.39, 0.29) is 11.5 Å². The molecule has 0 bridgehead atoms. The summed E-state index contributed by atoms with van der Waals surface area (Å²) in [6.45, 7) is 12.7. The summed E-state index contributed by atoms with van der Waals surface area (Å²) in [5, 5.41) is 8.94. The summed E-state index contributed by atoms with van der Waals surface area (Å²) in [5.74, 6) is -1.55. The molecular formula is C24H26FN5O2. The number of aliphatic imine (C=N–C) groups is 1. The molecule has 2 amide bonds. The normalized spacial score (nSPS) is 11.5. The number of para-hydroxylation sites is 2. The fourth-order valence-electron chi connectivity index (χ4n) is 2.64. The maximum absolute atomic E-state index is 13.8. The second-order valence-electron chi connectivity index (χ2n) is 7.01. The van der Waals surface area contributed by atoms with Gasteiger partial charge in [-0.15, -0.1) is 0 Å². The van der Waals surface area contributed by atoms with Crippen LogP contribution in [0, 0.1) is 12.7 Å². The Morgan fingerprint density at radius 3 is 2.28 bits per heavy atom. The Kier molecular flexibility index (Phi) is 8.06. The minimum absolute atomic E-state index is 0.215. The van der Waals surface area contributed by atoms with E-state index < -0.39 is 11.7 Å². The molecular weight excluding hydrogens is 409 g/mol. The fourth-order valence-corrected chi connectivity index (χ4v) is 2.64. The number of amides is 2. The van der Waals surface area contributed by atoms with E-state index in [0.717, 1.165) is 11.3 Å². The molecule has 0 saturated carbocycles. The summed E-state index contributed by atoms with van der Waals surface area (Å²) >= 11 is 0. The molecule has 32 heavy (non-hydrogen) atoms. The van der Waals surface area contributed by atoms with Gasteiger partial charge in [0.2, 0.25) is 5.91 Å². The molecule has 5 N–H and O–H groups in total. The summed E-state index contributed by atoms with van der Waals surface area (Å²) in [6.07, 6.45) is 2.81. The number of halogens is 1. The highest BCUT2D eigenvalue weighted by Gasteiger charge is 2.12. The Morgan fingerprint density at radius 2 is 1.69 bits per heavy atom. The number of hydrogen-bond donors (Lipinski definition) is 4. The molecule has 0 aliphatic heterocycles. The molecule has 0 aliphatic rings. The van der Waals surface area contributed by atoms with Crippen LogP contribution in [0.2, 0.25) is 0 Å². The molecule has 2 rings (SSSR count). The monoisotopic (exact) mass is 435 g/mol. The van der Waals surface area contributed by atoms with Crippen LogP contribution in [0.1, 0.15) is 29.8 Å². The van der Waals surface area contributed by atoms with Crippen molar-refractivity contribution < 1.29 is 14.0 Å². The number of hydrogen-bond acceptors (Lipinski definition) is 5. The predicted octanol–water partition coefficient (Wildman–Crippen LogP) is 4.72. The number of primary amides is 1. The first kappa shape index (κ1) is 24.1. The smallest absolute Gasteiger partial charge is 0.251 e. The molecule has 0 radical (unpaired) electrons. The average Bonchev–Trinajstić information content (AvgIpc) is 2.74. The second-order valence-corrected chi connectivity index (χ2v) is 7.01. The number of carbonyl (C=O) groups is 2. The minimum atomic E-state index is -0.857. The Balaban J connectivity index is 2.14. The van der Waals surface area contributed by atoms with Crippen LogP contribution in [0.25, 0.3) is 0 Å². The number of nitrogens with zero attached hydrogens (tertiary/aromatic N) is 1. The molecule has 0 unspecified atom stereocenters. The first-order valence-electron chi connectivity index (χ1n) is 9.69. The molecule has 0 spiro atoms. The molecule has 7 nitrogen and oxygen atoms in total. The van der Waals surface area contributed by atoms with E-state index >= 15 is 0 Å². The fraction of sp³-hybridized carbons (Fsp3) is 0.125. The van der Waals surface area contributed by atoms with E-state index in [0.29, 0.717) is 28.4 Å². The van der Waals surface area contributed by atoms with Gasteiger partial charge in [0.15, 0.2) is 0 Å². The first-order valence-corrected chi connectivity index (χ1v) is 9.69. The van der Waals surface area contributed by atoms with Crippen molar-refractivity contribution in [1.29, 1.82) is 0 Å². The number of aryl methyl sites for hydroxylation is 1. The third-order valence-electron chi connectivity index (χ3n) is 4.56. The number of nitrogens with one attached hydrogen (secondary N) is 3. The van der Waals surface area contributed by atoms with Gasteiger partial charge in [0, 0.05) is 17.6 Å². The summed E-state index contributed by atoms with van der Waals surface area (Å²) in [6, 6.07) is 9.82. The summed E-state index contributed by atoms with van der Waals surface area (Å²) in [4.78, 5) is 27.3. The van der Waals surface area contributed by atoms with Crippen LogP contribution < -0.4 is 21.7 Å². The predicted molar refractivity (Wildman–Crippen MR) is 128 cm³/mol. The maximum atomic E-state index is 13.8. The van der Waals surface area contributed by atoms with Crippen LogP contribution in [0.15, 0.2) is 77.7 Å². The minimum Gasteiger partial charge on any atom is -0.366 e. The average molecular weight is 436 g/mol. The number of benzene rings is 2. The zero-order valence-corrected chi connectivity index (χ0v) is 18.3. The summed E-state index contributed by atoms with van der Waals surface area (Å²) in [7, 11) is 0. The van der Waals surface area contributed by atoms with E-state index in [4.69, 9.17) is 5.73 Å². The second kappa shape index (κ2) is 10.7. The molecule has 166 valence electrons. The lowest BCUT2D eigenvalue weighted by atomic mass is 10.1. The Morgan fingerprint density at radius 1 is 1.06 bits per heavy atom. The van der Waals surface area contributed by atoms with E-state index in [1.54, 1.807) is 19.2 Å². The molecule has 8 heteroatoms. The van der Waals surface area contributed by atoms with Gasteiger partial charge in [-0.05, 0) is 62.2 Å². The molecule has 2 aromatic carbocycles. The zero-order chi connectivity index (χ0) is 23.8. The van der Waals surface area contributed by atoms with Gasteiger partial charge >= 0.3 is 0 Å². The van der Waals surface area contributed by atoms with Crippen molar-refractivity contribution >= 4 is 35.1 Å². The summed E-state index contributed by atoms with van der Waals surface area (Å²) in [5.41, 5.74) is 8.99. The van der Waals surface area contributed by atoms with Crippen LogP contribution >= 0.6 is 0 Å². The largest absolute Gasteiger partial charge is 0.366 e. The first-order chi connectivity index (χ1) is 15.1. The highest BCUT2D eigenvalue weighted by molar-refractivity contribution is 6.01. The molecule has 0 atom stereocenters. The molecule has 0 aromatic heterocycles. The van der Waals surface area contributed by atoms with Crippen molar-refractivity contribution in [2.24, 2.45) is 10.7 Å². The lowest BCUT2D eigenvalue weighted by Gasteiger charge is -2.14. The maximum Gasteiger partial charge on any atom is 0.251 e. The lowest BCUT2D eigenvalue weighted by molar-refractivity contribution is -0.111. The Labute approximate surface area is 186 Å². The zero-order valence-electron chi connectivity index (χ0n) is 18.3. The van der Waals surface area contributed by atoms with E-state index in [9.17, 15) is 14.0 Å². The Hall–Kier alpha value is -4.20. The summed E-state index contributed by atoms with van der Waals surface area (Å²) < 4.78 is 13.8. The SMILES string of the molecule is C=CC(=O)Nc1ccccc1N/C(C)=C(C)/C=N\C(=C)Nc1cc(C(N)=O)c(F)cc1C. The van der Waals surface area contributed by atoms with E-state index in [1.165, 1.54) is 18.2 Å². The number of rotatable bonds is 9. The molecule has 0 fully saturated rings. The molecule has 2 aromatic rings. The lowest BCUT2D eigenvalue weighted by Crippen LogP contribution is -2.14. The molecule has 0 heterocycles. The Bertz CT molecular complexity index is 1140. The van der Waals surface area contributed by atoms with E-state index in [1.807, 2.05) is 32.0 Å². The topological polar surface area (TPSA) is 109 Å².